The fraction of sp³-hybridized carbons (Fsp3) is 0.125. The number of aromatic nitrogens is 2. The van der Waals surface area contributed by atoms with Crippen LogP contribution in [0.15, 0.2) is 143 Å². The van der Waals surface area contributed by atoms with Gasteiger partial charge in [-0.25, -0.2) is 9.59 Å². The number of ether oxygens (including phenoxy) is 4. The lowest BCUT2D eigenvalue weighted by Crippen LogP contribution is -2.07. The van der Waals surface area contributed by atoms with Crippen LogP contribution in [0.3, 0.4) is 0 Å². The first kappa shape index (κ1) is 37.5. The maximum atomic E-state index is 14.1. The van der Waals surface area contributed by atoms with E-state index in [4.69, 9.17) is 27.8 Å². The van der Waals surface area contributed by atoms with Crippen molar-refractivity contribution in [2.45, 2.75) is 13.8 Å². The van der Waals surface area contributed by atoms with Gasteiger partial charge < -0.3 is 36.9 Å². The van der Waals surface area contributed by atoms with Crippen LogP contribution in [0.4, 0.5) is 0 Å². The van der Waals surface area contributed by atoms with Crippen LogP contribution in [0.1, 0.15) is 32.1 Å². The number of carbonyl (C=O) groups excluding carboxylic acids is 2. The summed E-state index contributed by atoms with van der Waals surface area (Å²) in [5.41, 5.74) is 9.07. The first-order chi connectivity index (χ1) is 28.3. The van der Waals surface area contributed by atoms with Gasteiger partial charge in [-0.15, -0.1) is 0 Å². The van der Waals surface area contributed by atoms with Gasteiger partial charge in [0.25, 0.3) is 0 Å². The van der Waals surface area contributed by atoms with Gasteiger partial charge in [0.05, 0.1) is 63.5 Å². The minimum Gasteiger partial charge on any atom is -0.497 e. The molecule has 0 spiro atoms. The third kappa shape index (κ3) is 6.24. The molecule has 0 aliphatic rings. The maximum absolute atomic E-state index is 14.1. The molecule has 0 bridgehead atoms. The summed E-state index contributed by atoms with van der Waals surface area (Å²) in [5.74, 6) is 0.967. The van der Waals surface area contributed by atoms with Crippen molar-refractivity contribution >= 4 is 11.9 Å². The number of esters is 2. The first-order valence-corrected chi connectivity index (χ1v) is 18.5. The molecule has 290 valence electrons. The average Bonchev–Trinajstić information content (AvgIpc) is 4.07. The van der Waals surface area contributed by atoms with Crippen molar-refractivity contribution in [1.29, 1.82) is 0 Å². The largest absolute Gasteiger partial charge is 0.497 e. The van der Waals surface area contributed by atoms with Crippen molar-refractivity contribution in [3.8, 4) is 79.2 Å². The van der Waals surface area contributed by atoms with Crippen LogP contribution in [0.25, 0.3) is 67.7 Å². The van der Waals surface area contributed by atoms with Crippen LogP contribution in [-0.2, 0) is 9.47 Å². The van der Waals surface area contributed by atoms with Gasteiger partial charge in [0.1, 0.15) is 11.5 Å². The molecule has 0 N–H and O–H groups in total. The molecular weight excluding hydrogens is 733 g/mol. The molecule has 0 radical (unpaired) electrons. The van der Waals surface area contributed by atoms with Gasteiger partial charge in [-0.3, -0.25) is 0 Å². The molecule has 0 saturated heterocycles. The fourth-order valence-corrected chi connectivity index (χ4v) is 7.86. The van der Waals surface area contributed by atoms with Gasteiger partial charge in [0.15, 0.2) is 11.5 Å². The minimum atomic E-state index is -0.527. The van der Waals surface area contributed by atoms with E-state index in [0.29, 0.717) is 67.8 Å². The molecule has 0 unspecified atom stereocenters. The molecular formula is C48H40N2O8. The summed E-state index contributed by atoms with van der Waals surface area (Å²) in [7, 11) is 5.97. The first-order valence-electron chi connectivity index (χ1n) is 18.5. The average molecular weight is 773 g/mol. The summed E-state index contributed by atoms with van der Waals surface area (Å²) in [4.78, 5) is 28.2. The lowest BCUT2D eigenvalue weighted by molar-refractivity contribution is 0.0593. The van der Waals surface area contributed by atoms with E-state index in [9.17, 15) is 9.59 Å². The minimum absolute atomic E-state index is 0.328. The van der Waals surface area contributed by atoms with Gasteiger partial charge in [0, 0.05) is 45.0 Å². The topological polar surface area (TPSA) is 107 Å². The van der Waals surface area contributed by atoms with E-state index in [0.717, 1.165) is 33.9 Å². The Morgan fingerprint density at radius 1 is 0.483 bits per heavy atom. The molecule has 58 heavy (non-hydrogen) atoms. The van der Waals surface area contributed by atoms with Gasteiger partial charge in [-0.05, 0) is 85.6 Å². The third-order valence-corrected chi connectivity index (χ3v) is 10.4. The van der Waals surface area contributed by atoms with Crippen LogP contribution in [-0.4, -0.2) is 49.5 Å². The number of hydrogen-bond donors (Lipinski definition) is 0. The van der Waals surface area contributed by atoms with E-state index >= 15 is 0 Å². The molecule has 0 aliphatic carbocycles. The van der Waals surface area contributed by atoms with Gasteiger partial charge in [0.2, 0.25) is 0 Å². The van der Waals surface area contributed by atoms with Crippen molar-refractivity contribution in [1.82, 2.24) is 9.13 Å². The van der Waals surface area contributed by atoms with Crippen LogP contribution < -0.4 is 9.47 Å². The molecule has 8 rings (SSSR count). The van der Waals surface area contributed by atoms with Crippen molar-refractivity contribution in [3.63, 3.8) is 0 Å². The molecule has 0 fully saturated rings. The Morgan fingerprint density at radius 3 is 1.17 bits per heavy atom. The van der Waals surface area contributed by atoms with Crippen molar-refractivity contribution in [2.24, 2.45) is 0 Å². The zero-order chi connectivity index (χ0) is 40.5. The van der Waals surface area contributed by atoms with Crippen LogP contribution in [0.2, 0.25) is 0 Å². The number of benzene rings is 4. The molecule has 4 heterocycles. The fourth-order valence-electron chi connectivity index (χ4n) is 7.86. The lowest BCUT2D eigenvalue weighted by Gasteiger charge is -2.15. The Hall–Kier alpha value is -7.46. The molecule has 4 aromatic heterocycles. The van der Waals surface area contributed by atoms with E-state index < -0.39 is 11.9 Å². The summed E-state index contributed by atoms with van der Waals surface area (Å²) in [6.07, 6.45) is 3.12. The molecule has 0 saturated carbocycles. The number of hydrogen-bond acceptors (Lipinski definition) is 8. The van der Waals surface area contributed by atoms with Crippen LogP contribution in [0.5, 0.6) is 11.5 Å². The van der Waals surface area contributed by atoms with E-state index in [1.807, 2.05) is 144 Å². The third-order valence-electron chi connectivity index (χ3n) is 10.4. The highest BCUT2D eigenvalue weighted by Crippen LogP contribution is 2.49. The smallest absolute Gasteiger partial charge is 0.340 e. The highest BCUT2D eigenvalue weighted by Gasteiger charge is 2.35. The van der Waals surface area contributed by atoms with Crippen molar-refractivity contribution in [3.05, 3.63) is 156 Å². The summed E-state index contributed by atoms with van der Waals surface area (Å²) in [6, 6.07) is 38.3. The van der Waals surface area contributed by atoms with Crippen LogP contribution >= 0.6 is 0 Å². The number of rotatable bonds is 11. The Balaban J connectivity index is 1.44. The Kier molecular flexibility index (Phi) is 10.1. The highest BCUT2D eigenvalue weighted by atomic mass is 16.5. The van der Waals surface area contributed by atoms with Crippen LogP contribution in [0, 0.1) is 13.8 Å². The lowest BCUT2D eigenvalue weighted by atomic mass is 9.96. The molecule has 8 aromatic rings. The molecule has 0 amide bonds. The van der Waals surface area contributed by atoms with Gasteiger partial charge >= 0.3 is 11.9 Å². The van der Waals surface area contributed by atoms with Gasteiger partial charge in [-0.2, -0.15) is 0 Å². The second-order valence-electron chi connectivity index (χ2n) is 13.5. The molecule has 10 heteroatoms. The van der Waals surface area contributed by atoms with E-state index in [1.165, 1.54) is 14.2 Å². The second kappa shape index (κ2) is 15.6. The molecule has 0 atom stereocenters. The summed E-state index contributed by atoms with van der Waals surface area (Å²) in [5, 5.41) is 0. The molecule has 0 aliphatic heterocycles. The predicted octanol–water partition coefficient (Wildman–Crippen LogP) is 11.0. The number of furan rings is 2. The van der Waals surface area contributed by atoms with E-state index in [2.05, 4.69) is 0 Å². The van der Waals surface area contributed by atoms with E-state index in [-0.39, 0.29) is 0 Å². The van der Waals surface area contributed by atoms with Gasteiger partial charge in [-0.1, -0.05) is 60.7 Å². The predicted molar refractivity (Wildman–Crippen MR) is 222 cm³/mol. The second-order valence-corrected chi connectivity index (χ2v) is 13.5. The number of carbonyl (C=O) groups is 2. The number of methoxy groups -OCH3 is 4. The SMILES string of the molecule is COC(=O)c1c(-c2ccccc2)c(C)n(-c2ccc(OC)cc2)c1-c1ccoc1-c1occc1-c1c(C(=O)OC)c(-c2ccccc2)c(C)n1-c1ccc(OC)cc1. The molecule has 4 aromatic carbocycles. The van der Waals surface area contributed by atoms with E-state index in [1.54, 1.807) is 26.7 Å². The normalized spacial score (nSPS) is 11.1. The standard InChI is InChI=1S/C48H40N2O8/c1-29-39(31-13-9-7-10-14-31)41(47(51)55-5)43(49(29)33-17-21-35(53-3)22-18-33)37-25-27-57-45(37)46-38(26-28-58-46)44-42(48(52)56-6)40(32-15-11-8-12-16-32)30(2)50(44)34-19-23-36(54-4)24-20-34/h7-28H,1-6H3. The monoisotopic (exact) mass is 772 g/mol. The van der Waals surface area contributed by atoms with Crippen molar-refractivity contribution in [2.75, 3.05) is 28.4 Å². The Morgan fingerprint density at radius 2 is 0.845 bits per heavy atom. The summed E-state index contributed by atoms with van der Waals surface area (Å²) < 4.78 is 38.8. The Labute approximate surface area is 335 Å². The summed E-state index contributed by atoms with van der Waals surface area (Å²) in [6.45, 7) is 3.94. The molecule has 10 nitrogen and oxygen atoms in total. The zero-order valence-corrected chi connectivity index (χ0v) is 32.9. The summed E-state index contributed by atoms with van der Waals surface area (Å²) >= 11 is 0. The number of nitrogens with zero attached hydrogens (tertiary/aromatic N) is 2. The maximum Gasteiger partial charge on any atom is 0.340 e. The quantitative estimate of drug-likeness (QED) is 0.120. The van der Waals surface area contributed by atoms with Crippen molar-refractivity contribution < 1.29 is 37.4 Å². The zero-order valence-electron chi connectivity index (χ0n) is 32.9. The Bertz CT molecular complexity index is 2560. The highest BCUT2D eigenvalue weighted by molar-refractivity contribution is 6.09.